The zero-order valence-corrected chi connectivity index (χ0v) is 17.1. The molecule has 0 radical (unpaired) electrons. The maximum Gasteiger partial charge on any atom is 0.192 e. The molecule has 0 aromatic heterocycles. The summed E-state index contributed by atoms with van der Waals surface area (Å²) >= 11 is 6.82. The van der Waals surface area contributed by atoms with Crippen molar-refractivity contribution in [3.05, 3.63) is 11.6 Å². The smallest absolute Gasteiger partial charge is 0.192 e. The van der Waals surface area contributed by atoms with Crippen molar-refractivity contribution < 1.29 is 14.6 Å². The fourth-order valence-corrected chi connectivity index (χ4v) is 3.88. The minimum Gasteiger partial charge on any atom is -0.413 e. The van der Waals surface area contributed by atoms with Gasteiger partial charge in [0.15, 0.2) is 8.32 Å². The van der Waals surface area contributed by atoms with Gasteiger partial charge >= 0.3 is 0 Å². The molecule has 0 aromatic carbocycles. The van der Waals surface area contributed by atoms with Crippen LogP contribution in [0.1, 0.15) is 33.6 Å². The molecule has 0 amide bonds. The summed E-state index contributed by atoms with van der Waals surface area (Å²) in [5.41, 5.74) is -0.235. The van der Waals surface area contributed by atoms with Gasteiger partial charge < -0.3 is 14.6 Å². The molecule has 0 heterocycles. The zero-order chi connectivity index (χ0) is 15.8. The van der Waals surface area contributed by atoms with Gasteiger partial charge in [-0.1, -0.05) is 58.7 Å². The third-order valence-electron chi connectivity index (χ3n) is 4.53. The van der Waals surface area contributed by atoms with E-state index in [0.717, 1.165) is 5.57 Å². The molecule has 118 valence electrons. The Hall–Kier alpha value is 0.797. The average molecular weight is 430 g/mol. The summed E-state index contributed by atoms with van der Waals surface area (Å²) in [6, 6.07) is 0. The van der Waals surface area contributed by atoms with Crippen molar-refractivity contribution in [3.8, 4) is 0 Å². The van der Waals surface area contributed by atoms with Crippen molar-refractivity contribution in [1.29, 1.82) is 0 Å². The molecule has 0 saturated heterocycles. The highest BCUT2D eigenvalue weighted by molar-refractivity contribution is 9.24. The van der Waals surface area contributed by atoms with E-state index < -0.39 is 20.0 Å². The van der Waals surface area contributed by atoms with Crippen LogP contribution in [0.2, 0.25) is 18.1 Å². The van der Waals surface area contributed by atoms with Crippen molar-refractivity contribution in [3.63, 3.8) is 0 Å². The molecule has 0 aromatic rings. The van der Waals surface area contributed by atoms with Crippen LogP contribution in [0.5, 0.6) is 0 Å². The van der Waals surface area contributed by atoms with Crippen LogP contribution >= 0.6 is 31.9 Å². The molecule has 3 nitrogen and oxygen atoms in total. The Morgan fingerprint density at radius 3 is 2.45 bits per heavy atom. The molecule has 2 N–H and O–H groups in total. The number of hydrogen-bond donors (Lipinski definition) is 2. The first-order chi connectivity index (χ1) is 8.90. The third-order valence-corrected chi connectivity index (χ3v) is 10.5. The number of alkyl halides is 2. The van der Waals surface area contributed by atoms with Gasteiger partial charge in [0.2, 0.25) is 0 Å². The summed E-state index contributed by atoms with van der Waals surface area (Å²) in [7, 11) is -1.87. The minimum atomic E-state index is -1.87. The van der Waals surface area contributed by atoms with E-state index >= 15 is 0 Å². The van der Waals surface area contributed by atoms with E-state index in [1.165, 1.54) is 0 Å². The van der Waals surface area contributed by atoms with Crippen molar-refractivity contribution in [1.82, 2.24) is 0 Å². The highest BCUT2D eigenvalue weighted by Crippen LogP contribution is 2.41. The number of aliphatic hydroxyl groups excluding tert-OH is 1. The Bertz CT molecular complexity index is 377. The van der Waals surface area contributed by atoms with Crippen LogP contribution in [0, 0.1) is 0 Å². The second kappa shape index (κ2) is 6.50. The summed E-state index contributed by atoms with van der Waals surface area (Å²) in [5.74, 6) is 0. The first-order valence-electron chi connectivity index (χ1n) is 6.94. The van der Waals surface area contributed by atoms with Gasteiger partial charge in [0.1, 0.15) is 9.34 Å². The van der Waals surface area contributed by atoms with Gasteiger partial charge in [0.05, 0.1) is 12.7 Å². The van der Waals surface area contributed by atoms with Gasteiger partial charge in [-0.3, -0.25) is 0 Å². The molecule has 6 heteroatoms. The van der Waals surface area contributed by atoms with Crippen LogP contribution in [0.3, 0.4) is 0 Å². The minimum absolute atomic E-state index is 0.126. The summed E-state index contributed by atoms with van der Waals surface area (Å²) in [4.78, 5) is 0. The second-order valence-electron chi connectivity index (χ2n) is 7.07. The fraction of sp³-hybridized carbons (Fsp3) is 0.857. The Kier molecular flexibility index (Phi) is 6.13. The van der Waals surface area contributed by atoms with Crippen molar-refractivity contribution >= 4 is 40.2 Å². The Morgan fingerprint density at radius 2 is 2.00 bits per heavy atom. The fourth-order valence-electron chi connectivity index (χ4n) is 1.89. The average Bonchev–Trinajstić information content (AvgIpc) is 2.28. The summed E-state index contributed by atoms with van der Waals surface area (Å²) in [5, 5.41) is 20.7. The van der Waals surface area contributed by atoms with Gasteiger partial charge in [0, 0.05) is 0 Å². The van der Waals surface area contributed by atoms with Gasteiger partial charge in [-0.25, -0.2) is 0 Å². The van der Waals surface area contributed by atoms with Crippen molar-refractivity contribution in [2.24, 2.45) is 0 Å². The van der Waals surface area contributed by atoms with E-state index in [1.807, 2.05) is 0 Å². The molecular weight excluding hydrogens is 404 g/mol. The van der Waals surface area contributed by atoms with Gasteiger partial charge in [0.25, 0.3) is 0 Å². The maximum atomic E-state index is 10.8. The monoisotopic (exact) mass is 428 g/mol. The highest BCUT2D eigenvalue weighted by atomic mass is 79.9. The highest BCUT2D eigenvalue weighted by Gasteiger charge is 2.43. The lowest BCUT2D eigenvalue weighted by Crippen LogP contribution is -2.47. The number of aliphatic hydroxyl groups is 2. The quantitative estimate of drug-likeness (QED) is 0.404. The van der Waals surface area contributed by atoms with Crippen molar-refractivity contribution in [2.45, 2.75) is 67.2 Å². The predicted molar refractivity (Wildman–Crippen MR) is 93.1 cm³/mol. The molecule has 0 spiro atoms. The molecule has 0 fully saturated rings. The largest absolute Gasteiger partial charge is 0.413 e. The molecule has 20 heavy (non-hydrogen) atoms. The molecule has 1 aliphatic rings. The SMILES string of the molecule is CC(C)(C)[Si](C)(C)OCC1=C[C@@H](O)CC[C@@]1(O)C(Br)Br. The molecule has 1 rings (SSSR count). The first-order valence-corrected chi connectivity index (χ1v) is 11.7. The van der Waals surface area contributed by atoms with E-state index in [2.05, 4.69) is 65.7 Å². The van der Waals surface area contributed by atoms with E-state index in [-0.39, 0.29) is 8.77 Å². The van der Waals surface area contributed by atoms with Crippen LogP contribution in [0.4, 0.5) is 0 Å². The molecule has 0 bridgehead atoms. The summed E-state index contributed by atoms with van der Waals surface area (Å²) < 4.78 is 5.94. The normalized spacial score (nSPS) is 28.7. The molecule has 0 unspecified atom stereocenters. The van der Waals surface area contributed by atoms with Crippen LogP contribution in [0.15, 0.2) is 11.6 Å². The van der Waals surface area contributed by atoms with Gasteiger partial charge in [-0.2, -0.15) is 0 Å². The topological polar surface area (TPSA) is 49.7 Å². The van der Waals surface area contributed by atoms with Crippen LogP contribution < -0.4 is 0 Å². The van der Waals surface area contributed by atoms with Crippen LogP contribution in [-0.2, 0) is 4.43 Å². The Balaban J connectivity index is 2.88. The van der Waals surface area contributed by atoms with Gasteiger partial charge in [-0.05, 0) is 36.5 Å². The number of rotatable bonds is 4. The zero-order valence-electron chi connectivity index (χ0n) is 12.9. The van der Waals surface area contributed by atoms with E-state index in [1.54, 1.807) is 6.08 Å². The van der Waals surface area contributed by atoms with Crippen LogP contribution in [-0.4, -0.2) is 40.6 Å². The summed E-state index contributed by atoms with van der Waals surface area (Å²) in [6.07, 6.45) is 2.33. The third kappa shape index (κ3) is 4.17. The van der Waals surface area contributed by atoms with Crippen LogP contribution in [0.25, 0.3) is 0 Å². The molecule has 1 aliphatic carbocycles. The lowest BCUT2D eigenvalue weighted by atomic mass is 9.84. The number of hydrogen-bond acceptors (Lipinski definition) is 3. The lowest BCUT2D eigenvalue weighted by Gasteiger charge is -2.41. The van der Waals surface area contributed by atoms with E-state index in [9.17, 15) is 10.2 Å². The lowest BCUT2D eigenvalue weighted by molar-refractivity contribution is 0.0472. The Morgan fingerprint density at radius 1 is 1.45 bits per heavy atom. The van der Waals surface area contributed by atoms with E-state index in [4.69, 9.17) is 4.43 Å². The predicted octanol–water partition coefficient (Wildman–Crippen LogP) is 3.94. The molecule has 2 atom stereocenters. The second-order valence-corrected chi connectivity index (χ2v) is 14.9. The maximum absolute atomic E-state index is 10.8. The van der Waals surface area contributed by atoms with Gasteiger partial charge in [-0.15, -0.1) is 0 Å². The van der Waals surface area contributed by atoms with Crippen molar-refractivity contribution in [2.75, 3.05) is 6.61 Å². The molecule has 0 saturated carbocycles. The molecule has 0 aliphatic heterocycles. The van der Waals surface area contributed by atoms with E-state index in [0.29, 0.717) is 19.4 Å². The standard InChI is InChI=1S/C14H26Br2O3Si/c1-13(2,3)20(4,5)19-9-10-8-11(17)6-7-14(10,18)12(15)16/h8,11-12,17-18H,6-7,9H2,1-5H3/t11-,14-/m0/s1. The first kappa shape index (κ1) is 18.8. The Labute approximate surface area is 140 Å². The number of halogens is 2. The summed E-state index contributed by atoms with van der Waals surface area (Å²) in [6.45, 7) is 11.3. The molecular formula is C14H26Br2O3Si.